The van der Waals surface area contributed by atoms with Gasteiger partial charge < -0.3 is 14.5 Å². The van der Waals surface area contributed by atoms with Gasteiger partial charge in [0.05, 0.1) is 11.2 Å². The van der Waals surface area contributed by atoms with Gasteiger partial charge in [-0.3, -0.25) is 4.90 Å². The van der Waals surface area contributed by atoms with Crippen molar-refractivity contribution in [3.05, 3.63) is 48.0 Å². The predicted octanol–water partition coefficient (Wildman–Crippen LogP) is 2.76. The summed E-state index contributed by atoms with van der Waals surface area (Å²) in [6.45, 7) is 7.54. The van der Waals surface area contributed by atoms with Crippen molar-refractivity contribution < 1.29 is 4.65 Å². The van der Waals surface area contributed by atoms with E-state index in [1.165, 1.54) is 11.3 Å². The molecule has 1 saturated heterocycles. The van der Waals surface area contributed by atoms with E-state index in [-0.39, 0.29) is 0 Å². The zero-order valence-corrected chi connectivity index (χ0v) is 15.1. The molecule has 4 rings (SSSR count). The SMILES string of the molecule is [B]OCCN1CCN(c2cccc3[nH]c(-c4ccc(C)cc4)nc23)CC1. The summed E-state index contributed by atoms with van der Waals surface area (Å²) in [5, 5.41) is 0. The number of hydrogen-bond acceptors (Lipinski definition) is 4. The fraction of sp³-hybridized carbons (Fsp3) is 0.350. The maximum Gasteiger partial charge on any atom is 0.282 e. The zero-order chi connectivity index (χ0) is 17.9. The fourth-order valence-corrected chi connectivity index (χ4v) is 3.51. The predicted molar refractivity (Wildman–Crippen MR) is 107 cm³/mol. The molecule has 26 heavy (non-hydrogen) atoms. The van der Waals surface area contributed by atoms with Gasteiger partial charge in [0.1, 0.15) is 11.3 Å². The van der Waals surface area contributed by atoms with E-state index in [0.29, 0.717) is 6.61 Å². The van der Waals surface area contributed by atoms with Crippen molar-refractivity contribution in [3.63, 3.8) is 0 Å². The second kappa shape index (κ2) is 7.52. The van der Waals surface area contributed by atoms with E-state index in [4.69, 9.17) is 17.7 Å². The summed E-state index contributed by atoms with van der Waals surface area (Å²) in [5.41, 5.74) is 5.69. The number of aromatic amines is 1. The largest absolute Gasteiger partial charge is 0.446 e. The molecule has 1 aliphatic rings. The number of H-pyrrole nitrogens is 1. The lowest BCUT2D eigenvalue weighted by molar-refractivity contribution is 0.208. The molecule has 2 radical (unpaired) electrons. The van der Waals surface area contributed by atoms with Crippen molar-refractivity contribution in [1.82, 2.24) is 14.9 Å². The highest BCUT2D eigenvalue weighted by atomic mass is 16.4. The Morgan fingerprint density at radius 1 is 1.08 bits per heavy atom. The number of rotatable bonds is 5. The van der Waals surface area contributed by atoms with Gasteiger partial charge in [-0.2, -0.15) is 0 Å². The van der Waals surface area contributed by atoms with Gasteiger partial charge in [-0.15, -0.1) is 0 Å². The summed E-state index contributed by atoms with van der Waals surface area (Å²) in [4.78, 5) is 13.2. The number of benzene rings is 2. The Labute approximate surface area is 155 Å². The van der Waals surface area contributed by atoms with E-state index in [1.807, 2.05) is 0 Å². The van der Waals surface area contributed by atoms with Gasteiger partial charge >= 0.3 is 0 Å². The lowest BCUT2D eigenvalue weighted by Crippen LogP contribution is -2.47. The molecule has 1 aliphatic heterocycles. The lowest BCUT2D eigenvalue weighted by atomic mass is 10.1. The van der Waals surface area contributed by atoms with E-state index in [0.717, 1.165) is 55.1 Å². The molecule has 0 spiro atoms. The van der Waals surface area contributed by atoms with Crippen molar-refractivity contribution in [2.24, 2.45) is 0 Å². The molecule has 0 saturated carbocycles. The maximum atomic E-state index is 5.14. The third-order valence-electron chi connectivity index (χ3n) is 5.05. The van der Waals surface area contributed by atoms with Gasteiger partial charge in [-0.05, 0) is 19.1 Å². The second-order valence-corrected chi connectivity index (χ2v) is 6.82. The summed E-state index contributed by atoms with van der Waals surface area (Å²) >= 11 is 0. The number of imidazole rings is 1. The number of aryl methyl sites for hydroxylation is 1. The molecule has 5 nitrogen and oxygen atoms in total. The highest BCUT2D eigenvalue weighted by molar-refractivity contribution is 5.97. The second-order valence-electron chi connectivity index (χ2n) is 6.82. The number of nitrogens with one attached hydrogen (secondary N) is 1. The van der Waals surface area contributed by atoms with Crippen LogP contribution in [0.5, 0.6) is 0 Å². The number of fused-ring (bicyclic) bond motifs is 1. The van der Waals surface area contributed by atoms with E-state index in [9.17, 15) is 0 Å². The van der Waals surface area contributed by atoms with Gasteiger partial charge in [0.15, 0.2) is 0 Å². The number of hydrogen-bond donors (Lipinski definition) is 1. The van der Waals surface area contributed by atoms with E-state index < -0.39 is 0 Å². The van der Waals surface area contributed by atoms with Crippen LogP contribution in [-0.2, 0) is 4.65 Å². The summed E-state index contributed by atoms with van der Waals surface area (Å²) in [6.07, 6.45) is 0. The van der Waals surface area contributed by atoms with Crippen LogP contribution in [0.3, 0.4) is 0 Å². The minimum absolute atomic E-state index is 0.578. The molecule has 1 N–H and O–H groups in total. The van der Waals surface area contributed by atoms with Crippen LogP contribution in [0.2, 0.25) is 0 Å². The minimum Gasteiger partial charge on any atom is -0.446 e. The summed E-state index contributed by atoms with van der Waals surface area (Å²) < 4.78 is 4.70. The molecule has 1 aromatic heterocycles. The zero-order valence-electron chi connectivity index (χ0n) is 15.1. The van der Waals surface area contributed by atoms with E-state index >= 15 is 0 Å². The molecule has 3 aromatic rings. The molecule has 1 fully saturated rings. The van der Waals surface area contributed by atoms with Crippen LogP contribution >= 0.6 is 0 Å². The first-order valence-electron chi connectivity index (χ1n) is 9.09. The minimum atomic E-state index is 0.578. The highest BCUT2D eigenvalue weighted by Crippen LogP contribution is 2.29. The number of aromatic nitrogens is 2. The summed E-state index contributed by atoms with van der Waals surface area (Å²) in [5.74, 6) is 0.922. The molecule has 0 amide bonds. The number of nitrogens with zero attached hydrogens (tertiary/aromatic N) is 3. The molecule has 132 valence electrons. The molecule has 0 aliphatic carbocycles. The Morgan fingerprint density at radius 3 is 2.58 bits per heavy atom. The third kappa shape index (κ3) is 3.48. The standard InChI is InChI=1S/C20H23BN4O/c1-15-5-7-16(8-6-15)20-22-17-3-2-4-18(19(17)23-20)25-11-9-24(10-12-25)13-14-26-21/h2-8H,9-14H2,1H3,(H,22,23). The van der Waals surface area contributed by atoms with Crippen LogP contribution in [-0.4, -0.2) is 62.2 Å². The normalized spacial score (nSPS) is 15.7. The third-order valence-corrected chi connectivity index (χ3v) is 5.05. The Morgan fingerprint density at radius 2 is 1.85 bits per heavy atom. The van der Waals surface area contributed by atoms with Crippen LogP contribution in [0, 0.1) is 6.92 Å². The topological polar surface area (TPSA) is 44.4 Å². The van der Waals surface area contributed by atoms with Gasteiger partial charge in [0.25, 0.3) is 8.05 Å². The van der Waals surface area contributed by atoms with Crippen LogP contribution in [0.1, 0.15) is 5.56 Å². The Hall–Kier alpha value is -2.31. The van der Waals surface area contributed by atoms with Crippen molar-refractivity contribution >= 4 is 24.8 Å². The van der Waals surface area contributed by atoms with Crippen LogP contribution in [0.4, 0.5) is 5.69 Å². The lowest BCUT2D eigenvalue weighted by Gasteiger charge is -2.36. The summed E-state index contributed by atoms with van der Waals surface area (Å²) in [7, 11) is 5.14. The number of para-hydroxylation sites is 1. The van der Waals surface area contributed by atoms with Crippen molar-refractivity contribution in [3.8, 4) is 11.4 Å². The first kappa shape index (κ1) is 17.1. The van der Waals surface area contributed by atoms with E-state index in [2.05, 4.69) is 64.2 Å². The molecule has 0 atom stereocenters. The van der Waals surface area contributed by atoms with Gasteiger partial charge in [0, 0.05) is 44.9 Å². The van der Waals surface area contributed by atoms with E-state index in [1.54, 1.807) is 0 Å². The molecule has 2 aromatic carbocycles. The van der Waals surface area contributed by atoms with Crippen LogP contribution < -0.4 is 4.90 Å². The Bertz CT molecular complexity index is 869. The average molecular weight is 346 g/mol. The smallest absolute Gasteiger partial charge is 0.282 e. The highest BCUT2D eigenvalue weighted by Gasteiger charge is 2.19. The molecule has 6 heteroatoms. The van der Waals surface area contributed by atoms with Crippen molar-refractivity contribution in [2.45, 2.75) is 6.92 Å². The Balaban J connectivity index is 1.57. The monoisotopic (exact) mass is 346 g/mol. The summed E-state index contributed by atoms with van der Waals surface area (Å²) in [6, 6.07) is 14.8. The first-order chi connectivity index (χ1) is 12.7. The van der Waals surface area contributed by atoms with Crippen LogP contribution in [0.15, 0.2) is 42.5 Å². The quantitative estimate of drug-likeness (QED) is 0.722. The number of piperazine rings is 1. The van der Waals surface area contributed by atoms with Crippen molar-refractivity contribution in [2.75, 3.05) is 44.2 Å². The fourth-order valence-electron chi connectivity index (χ4n) is 3.51. The van der Waals surface area contributed by atoms with Crippen LogP contribution in [0.25, 0.3) is 22.4 Å². The first-order valence-corrected chi connectivity index (χ1v) is 9.09. The molecule has 0 unspecified atom stereocenters. The molecular weight excluding hydrogens is 323 g/mol. The average Bonchev–Trinajstić information content (AvgIpc) is 3.11. The molecule has 0 bridgehead atoms. The Kier molecular flexibility index (Phi) is 4.95. The molecular formula is C20H23BN4O. The van der Waals surface area contributed by atoms with Gasteiger partial charge in [0.2, 0.25) is 0 Å². The van der Waals surface area contributed by atoms with Gasteiger partial charge in [-0.1, -0.05) is 35.9 Å². The molecule has 2 heterocycles. The maximum absolute atomic E-state index is 5.14. The van der Waals surface area contributed by atoms with Gasteiger partial charge in [-0.25, -0.2) is 4.98 Å². The number of anilines is 1. The van der Waals surface area contributed by atoms with Crippen molar-refractivity contribution in [1.29, 1.82) is 0 Å².